The molecule has 0 fully saturated rings. The van der Waals surface area contributed by atoms with Gasteiger partial charge in [-0.3, -0.25) is 4.68 Å². The van der Waals surface area contributed by atoms with Crippen LogP contribution in [0.1, 0.15) is 25.1 Å². The minimum absolute atomic E-state index is 0.0672. The Kier molecular flexibility index (Phi) is 3.38. The van der Waals surface area contributed by atoms with Crippen LogP contribution < -0.4 is 0 Å². The Labute approximate surface area is 85.5 Å². The molecule has 1 N–H and O–H groups in total. The van der Waals surface area contributed by atoms with Gasteiger partial charge < -0.3 is 5.11 Å². The van der Waals surface area contributed by atoms with Crippen LogP contribution in [0.25, 0.3) is 0 Å². The summed E-state index contributed by atoms with van der Waals surface area (Å²) >= 11 is 0. The zero-order chi connectivity index (χ0) is 11.6. The van der Waals surface area contributed by atoms with Gasteiger partial charge in [0.1, 0.15) is 5.69 Å². The highest BCUT2D eigenvalue weighted by Gasteiger charge is 2.37. The summed E-state index contributed by atoms with van der Waals surface area (Å²) < 4.78 is 38.7. The van der Waals surface area contributed by atoms with Crippen molar-refractivity contribution in [2.75, 3.05) is 0 Å². The SMILES string of the molecule is CC(C)Cn1ncc(CO)c1C(F)(F)F. The van der Waals surface area contributed by atoms with Gasteiger partial charge in [-0.25, -0.2) is 0 Å². The summed E-state index contributed by atoms with van der Waals surface area (Å²) in [6, 6.07) is 0. The third-order valence-electron chi connectivity index (χ3n) is 1.89. The number of halogens is 3. The number of hydrogen-bond donors (Lipinski definition) is 1. The average molecular weight is 222 g/mol. The van der Waals surface area contributed by atoms with Gasteiger partial charge in [0.05, 0.1) is 12.8 Å². The van der Waals surface area contributed by atoms with Crippen molar-refractivity contribution in [3.63, 3.8) is 0 Å². The number of aliphatic hydroxyl groups excluding tert-OH is 1. The van der Waals surface area contributed by atoms with Gasteiger partial charge in [0.15, 0.2) is 0 Å². The molecule has 0 unspecified atom stereocenters. The Morgan fingerprint density at radius 2 is 2.07 bits per heavy atom. The van der Waals surface area contributed by atoms with Gasteiger partial charge in [-0.05, 0) is 5.92 Å². The minimum Gasteiger partial charge on any atom is -0.392 e. The van der Waals surface area contributed by atoms with Crippen molar-refractivity contribution in [3.05, 3.63) is 17.5 Å². The summed E-state index contributed by atoms with van der Waals surface area (Å²) in [5.74, 6) is 0.0672. The molecule has 0 radical (unpaired) electrons. The second-order valence-electron chi connectivity index (χ2n) is 3.75. The van der Waals surface area contributed by atoms with Gasteiger partial charge in [0.2, 0.25) is 0 Å². The zero-order valence-electron chi connectivity index (χ0n) is 8.54. The monoisotopic (exact) mass is 222 g/mol. The summed E-state index contributed by atoms with van der Waals surface area (Å²) in [7, 11) is 0. The predicted octanol–water partition coefficient (Wildman–Crippen LogP) is 2.05. The van der Waals surface area contributed by atoms with Crippen LogP contribution >= 0.6 is 0 Å². The largest absolute Gasteiger partial charge is 0.433 e. The van der Waals surface area contributed by atoms with Crippen molar-refractivity contribution in [1.29, 1.82) is 0 Å². The maximum atomic E-state index is 12.6. The molecule has 3 nitrogen and oxygen atoms in total. The molecule has 0 aromatic carbocycles. The Bertz CT molecular complexity index is 331. The van der Waals surface area contributed by atoms with Crippen LogP contribution in [0.15, 0.2) is 6.20 Å². The van der Waals surface area contributed by atoms with Crippen molar-refractivity contribution in [1.82, 2.24) is 9.78 Å². The first-order valence-corrected chi connectivity index (χ1v) is 4.59. The van der Waals surface area contributed by atoms with Gasteiger partial charge >= 0.3 is 6.18 Å². The molecular weight excluding hydrogens is 209 g/mol. The molecule has 0 saturated carbocycles. The van der Waals surface area contributed by atoms with Crippen molar-refractivity contribution >= 4 is 0 Å². The fraction of sp³-hybridized carbons (Fsp3) is 0.667. The average Bonchev–Trinajstić information content (AvgIpc) is 2.45. The highest BCUT2D eigenvalue weighted by molar-refractivity contribution is 5.19. The van der Waals surface area contributed by atoms with Crippen LogP contribution in [0.2, 0.25) is 0 Å². The lowest BCUT2D eigenvalue weighted by atomic mass is 10.2. The van der Waals surface area contributed by atoms with Crippen LogP contribution in [0.4, 0.5) is 13.2 Å². The molecule has 0 aliphatic carbocycles. The fourth-order valence-electron chi connectivity index (χ4n) is 1.35. The van der Waals surface area contributed by atoms with Crippen LogP contribution in [-0.4, -0.2) is 14.9 Å². The van der Waals surface area contributed by atoms with Crippen LogP contribution in [-0.2, 0) is 19.3 Å². The summed E-state index contributed by atoms with van der Waals surface area (Å²) in [6.07, 6.45) is -3.41. The van der Waals surface area contributed by atoms with Crippen molar-refractivity contribution in [2.24, 2.45) is 5.92 Å². The maximum Gasteiger partial charge on any atom is 0.433 e. The van der Waals surface area contributed by atoms with E-state index in [9.17, 15) is 13.2 Å². The second-order valence-corrected chi connectivity index (χ2v) is 3.75. The lowest BCUT2D eigenvalue weighted by Crippen LogP contribution is -2.18. The van der Waals surface area contributed by atoms with E-state index in [2.05, 4.69) is 5.10 Å². The van der Waals surface area contributed by atoms with Crippen molar-refractivity contribution in [2.45, 2.75) is 33.2 Å². The summed E-state index contributed by atoms with van der Waals surface area (Å²) in [5, 5.41) is 12.4. The Morgan fingerprint density at radius 1 is 1.47 bits per heavy atom. The highest BCUT2D eigenvalue weighted by Crippen LogP contribution is 2.32. The normalized spacial score (nSPS) is 12.5. The van der Waals surface area contributed by atoms with Crippen LogP contribution in [0, 0.1) is 5.92 Å². The van der Waals surface area contributed by atoms with Gasteiger partial charge in [0.25, 0.3) is 0 Å². The number of aliphatic hydroxyl groups is 1. The summed E-state index contributed by atoms with van der Waals surface area (Å²) in [6.45, 7) is 3.16. The number of rotatable bonds is 3. The molecule has 0 saturated heterocycles. The smallest absolute Gasteiger partial charge is 0.392 e. The summed E-state index contributed by atoms with van der Waals surface area (Å²) in [4.78, 5) is 0. The molecule has 1 aromatic rings. The van der Waals surface area contributed by atoms with E-state index in [1.807, 2.05) is 0 Å². The predicted molar refractivity (Wildman–Crippen MR) is 48.0 cm³/mol. The molecule has 1 heterocycles. The molecule has 0 atom stereocenters. The first kappa shape index (κ1) is 12.0. The quantitative estimate of drug-likeness (QED) is 0.849. The number of aromatic nitrogens is 2. The first-order chi connectivity index (χ1) is 6.86. The number of alkyl halides is 3. The standard InChI is InChI=1S/C9H13F3N2O/c1-6(2)4-14-8(9(10,11)12)7(5-15)3-13-14/h3,6,15H,4-5H2,1-2H3. The topological polar surface area (TPSA) is 38.0 Å². The molecular formula is C9H13F3N2O. The van der Waals surface area contributed by atoms with E-state index in [-0.39, 0.29) is 18.0 Å². The maximum absolute atomic E-state index is 12.6. The van der Waals surface area contributed by atoms with Gasteiger partial charge in [-0.1, -0.05) is 13.8 Å². The Morgan fingerprint density at radius 3 is 2.47 bits per heavy atom. The lowest BCUT2D eigenvalue weighted by Gasteiger charge is -2.13. The lowest BCUT2D eigenvalue weighted by molar-refractivity contribution is -0.145. The third-order valence-corrected chi connectivity index (χ3v) is 1.89. The molecule has 0 aliphatic heterocycles. The molecule has 0 aliphatic rings. The molecule has 0 spiro atoms. The number of hydrogen-bond acceptors (Lipinski definition) is 2. The minimum atomic E-state index is -4.47. The molecule has 0 bridgehead atoms. The third kappa shape index (κ3) is 2.71. The Balaban J connectivity index is 3.12. The molecule has 1 aromatic heterocycles. The second kappa shape index (κ2) is 4.22. The van der Waals surface area contributed by atoms with E-state index in [0.717, 1.165) is 10.9 Å². The van der Waals surface area contributed by atoms with Gasteiger partial charge in [-0.2, -0.15) is 18.3 Å². The zero-order valence-corrected chi connectivity index (χ0v) is 8.54. The van der Waals surface area contributed by atoms with Crippen molar-refractivity contribution < 1.29 is 18.3 Å². The van der Waals surface area contributed by atoms with Gasteiger partial charge in [-0.15, -0.1) is 0 Å². The molecule has 0 amide bonds. The van der Waals surface area contributed by atoms with Gasteiger partial charge in [0, 0.05) is 12.1 Å². The Hall–Kier alpha value is -1.04. The first-order valence-electron chi connectivity index (χ1n) is 4.59. The summed E-state index contributed by atoms with van der Waals surface area (Å²) in [5.41, 5.74) is -1.03. The number of nitrogens with zero attached hydrogens (tertiary/aromatic N) is 2. The molecule has 1 rings (SSSR count). The highest BCUT2D eigenvalue weighted by atomic mass is 19.4. The van der Waals surface area contributed by atoms with Crippen LogP contribution in [0.3, 0.4) is 0 Å². The van der Waals surface area contributed by atoms with E-state index in [1.54, 1.807) is 13.8 Å². The fourth-order valence-corrected chi connectivity index (χ4v) is 1.35. The molecule has 15 heavy (non-hydrogen) atoms. The van der Waals surface area contributed by atoms with E-state index < -0.39 is 18.5 Å². The molecule has 86 valence electrons. The van der Waals surface area contributed by atoms with E-state index >= 15 is 0 Å². The molecule has 6 heteroatoms. The van der Waals surface area contributed by atoms with E-state index in [1.165, 1.54) is 0 Å². The van der Waals surface area contributed by atoms with Crippen molar-refractivity contribution in [3.8, 4) is 0 Å². The van der Waals surface area contributed by atoms with Crippen LogP contribution in [0.5, 0.6) is 0 Å². The van der Waals surface area contributed by atoms with E-state index in [0.29, 0.717) is 0 Å². The van der Waals surface area contributed by atoms with E-state index in [4.69, 9.17) is 5.11 Å².